The van der Waals surface area contributed by atoms with E-state index in [-0.39, 0.29) is 0 Å². The number of aromatic amines is 1. The van der Waals surface area contributed by atoms with Gasteiger partial charge in [0.1, 0.15) is 6.04 Å². The van der Waals surface area contributed by atoms with Gasteiger partial charge in [-0.3, -0.25) is 9.69 Å². The van der Waals surface area contributed by atoms with Crippen molar-refractivity contribution in [1.82, 2.24) is 19.9 Å². The molecule has 3 heterocycles. The standard InChI is InChI=1S/C19H20BrN5O2/c1-12-2-3-16-14(8-12)15(11-21-16)17(18(26)27)24-4-6-25(7-5-24)19-22-9-13(20)10-23-19/h2-3,8-11,17,21H,4-7H2,1H3,(H,26,27)/t17-/m1/s1. The van der Waals surface area contributed by atoms with Gasteiger partial charge in [-0.05, 0) is 35.0 Å². The third kappa shape index (κ3) is 3.54. The number of anilines is 1. The van der Waals surface area contributed by atoms with E-state index in [1.165, 1.54) is 0 Å². The van der Waals surface area contributed by atoms with Crippen LogP contribution in [0.2, 0.25) is 0 Å². The molecule has 3 aromatic rings. The van der Waals surface area contributed by atoms with Gasteiger partial charge in [-0.2, -0.15) is 0 Å². The lowest BCUT2D eigenvalue weighted by Crippen LogP contribution is -2.49. The van der Waals surface area contributed by atoms with Crippen LogP contribution < -0.4 is 4.90 Å². The van der Waals surface area contributed by atoms with Gasteiger partial charge in [-0.25, -0.2) is 9.97 Å². The molecule has 0 unspecified atom stereocenters. The average molecular weight is 430 g/mol. The largest absolute Gasteiger partial charge is 0.480 e. The van der Waals surface area contributed by atoms with Crippen LogP contribution in [0.1, 0.15) is 17.2 Å². The van der Waals surface area contributed by atoms with Crippen molar-refractivity contribution in [3.63, 3.8) is 0 Å². The maximum Gasteiger partial charge on any atom is 0.325 e. The number of fused-ring (bicyclic) bond motifs is 1. The molecule has 27 heavy (non-hydrogen) atoms. The van der Waals surface area contributed by atoms with Crippen LogP contribution in [0.3, 0.4) is 0 Å². The van der Waals surface area contributed by atoms with Gasteiger partial charge in [0.2, 0.25) is 5.95 Å². The summed E-state index contributed by atoms with van der Waals surface area (Å²) in [6.07, 6.45) is 5.28. The number of rotatable bonds is 4. The van der Waals surface area contributed by atoms with Crippen molar-refractivity contribution in [3.05, 3.63) is 52.4 Å². The molecule has 0 spiro atoms. The molecule has 1 aliphatic heterocycles. The molecule has 1 atom stereocenters. The highest BCUT2D eigenvalue weighted by Crippen LogP contribution is 2.30. The lowest BCUT2D eigenvalue weighted by atomic mass is 10.0. The Kier molecular flexibility index (Phi) is 4.84. The fourth-order valence-corrected chi connectivity index (χ4v) is 3.82. The Labute approximate surface area is 165 Å². The van der Waals surface area contributed by atoms with E-state index >= 15 is 0 Å². The van der Waals surface area contributed by atoms with Crippen LogP contribution in [0.5, 0.6) is 0 Å². The van der Waals surface area contributed by atoms with E-state index in [1.807, 2.05) is 36.2 Å². The molecule has 2 N–H and O–H groups in total. The Balaban J connectivity index is 1.56. The number of aliphatic carboxylic acids is 1. The maximum absolute atomic E-state index is 12.1. The summed E-state index contributed by atoms with van der Waals surface area (Å²) in [5.41, 5.74) is 2.89. The van der Waals surface area contributed by atoms with Crippen molar-refractivity contribution in [1.29, 1.82) is 0 Å². The summed E-state index contributed by atoms with van der Waals surface area (Å²) in [7, 11) is 0. The second-order valence-corrected chi connectivity index (χ2v) is 7.67. The maximum atomic E-state index is 12.1. The lowest BCUT2D eigenvalue weighted by molar-refractivity contribution is -0.143. The zero-order valence-electron chi connectivity index (χ0n) is 14.9. The molecular formula is C19H20BrN5O2. The molecule has 1 aliphatic rings. The molecule has 2 aromatic heterocycles. The van der Waals surface area contributed by atoms with Gasteiger partial charge >= 0.3 is 5.97 Å². The number of halogens is 1. The average Bonchev–Trinajstić information content (AvgIpc) is 3.06. The van der Waals surface area contributed by atoms with Crippen molar-refractivity contribution in [2.45, 2.75) is 13.0 Å². The number of nitrogens with zero attached hydrogens (tertiary/aromatic N) is 4. The molecule has 0 aliphatic carbocycles. The molecular weight excluding hydrogens is 410 g/mol. The zero-order valence-corrected chi connectivity index (χ0v) is 16.5. The van der Waals surface area contributed by atoms with Crippen molar-refractivity contribution in [2.75, 3.05) is 31.1 Å². The first-order valence-corrected chi connectivity index (χ1v) is 9.59. The first kappa shape index (κ1) is 17.9. The zero-order chi connectivity index (χ0) is 19.0. The monoisotopic (exact) mass is 429 g/mol. The number of aromatic nitrogens is 3. The third-order valence-electron chi connectivity index (χ3n) is 4.97. The van der Waals surface area contributed by atoms with Gasteiger partial charge in [0.15, 0.2) is 0 Å². The van der Waals surface area contributed by atoms with Crippen LogP contribution in [0, 0.1) is 6.92 Å². The van der Waals surface area contributed by atoms with Gasteiger partial charge < -0.3 is 15.0 Å². The molecule has 0 radical (unpaired) electrons. The van der Waals surface area contributed by atoms with Gasteiger partial charge in [0, 0.05) is 61.2 Å². The lowest BCUT2D eigenvalue weighted by Gasteiger charge is -2.37. The summed E-state index contributed by atoms with van der Waals surface area (Å²) < 4.78 is 0.838. The topological polar surface area (TPSA) is 85.4 Å². The van der Waals surface area contributed by atoms with E-state index in [0.717, 1.165) is 26.5 Å². The second kappa shape index (κ2) is 7.28. The molecule has 7 nitrogen and oxygen atoms in total. The SMILES string of the molecule is Cc1ccc2[nH]cc([C@H](C(=O)O)N3CCN(c4ncc(Br)cn4)CC3)c2c1. The molecule has 140 valence electrons. The number of benzene rings is 1. The molecule has 1 fully saturated rings. The predicted molar refractivity (Wildman–Crippen MR) is 107 cm³/mol. The van der Waals surface area contributed by atoms with Crippen molar-refractivity contribution in [3.8, 4) is 0 Å². The number of carboxylic acid groups (broad SMARTS) is 1. The van der Waals surface area contributed by atoms with Crippen LogP contribution >= 0.6 is 15.9 Å². The molecule has 0 saturated carbocycles. The highest BCUT2D eigenvalue weighted by atomic mass is 79.9. The van der Waals surface area contributed by atoms with Crippen LogP contribution in [-0.2, 0) is 4.79 Å². The predicted octanol–water partition coefficient (Wildman–Crippen LogP) is 2.98. The van der Waals surface area contributed by atoms with Gasteiger partial charge in [-0.15, -0.1) is 0 Å². The van der Waals surface area contributed by atoms with Crippen LogP contribution in [0.4, 0.5) is 5.95 Å². The van der Waals surface area contributed by atoms with Gasteiger partial charge in [-0.1, -0.05) is 11.6 Å². The Morgan fingerprint density at radius 3 is 2.59 bits per heavy atom. The second-order valence-electron chi connectivity index (χ2n) is 6.76. The molecule has 1 aromatic carbocycles. The minimum absolute atomic E-state index is 0.634. The molecule has 0 amide bonds. The molecule has 0 bridgehead atoms. The van der Waals surface area contributed by atoms with E-state index in [1.54, 1.807) is 12.4 Å². The molecule has 1 saturated heterocycles. The van der Waals surface area contributed by atoms with E-state index in [9.17, 15) is 9.90 Å². The summed E-state index contributed by atoms with van der Waals surface area (Å²) in [5.74, 6) is -0.154. The normalized spacial score (nSPS) is 16.6. The minimum Gasteiger partial charge on any atom is -0.480 e. The van der Waals surface area contributed by atoms with Crippen LogP contribution in [0.25, 0.3) is 10.9 Å². The quantitative estimate of drug-likeness (QED) is 0.662. The van der Waals surface area contributed by atoms with E-state index < -0.39 is 12.0 Å². The van der Waals surface area contributed by atoms with Gasteiger partial charge in [0.05, 0.1) is 4.47 Å². The summed E-state index contributed by atoms with van der Waals surface area (Å²) in [5, 5.41) is 10.9. The van der Waals surface area contributed by atoms with Crippen LogP contribution in [-0.4, -0.2) is 57.1 Å². The first-order valence-electron chi connectivity index (χ1n) is 8.80. The number of carbonyl (C=O) groups is 1. The summed E-state index contributed by atoms with van der Waals surface area (Å²) in [4.78, 5) is 28.1. The Hall–Kier alpha value is -2.45. The van der Waals surface area contributed by atoms with E-state index in [4.69, 9.17) is 0 Å². The van der Waals surface area contributed by atoms with Crippen molar-refractivity contribution in [2.24, 2.45) is 0 Å². The summed E-state index contributed by atoms with van der Waals surface area (Å²) in [6, 6.07) is 5.39. The molecule has 4 rings (SSSR count). The summed E-state index contributed by atoms with van der Waals surface area (Å²) in [6.45, 7) is 4.66. The van der Waals surface area contributed by atoms with Gasteiger partial charge in [0.25, 0.3) is 0 Å². The Morgan fingerprint density at radius 1 is 1.22 bits per heavy atom. The minimum atomic E-state index is -0.828. The smallest absolute Gasteiger partial charge is 0.325 e. The highest BCUT2D eigenvalue weighted by molar-refractivity contribution is 9.10. The van der Waals surface area contributed by atoms with Crippen molar-refractivity contribution < 1.29 is 9.90 Å². The van der Waals surface area contributed by atoms with Crippen LogP contribution in [0.15, 0.2) is 41.3 Å². The van der Waals surface area contributed by atoms with E-state index in [2.05, 4.69) is 35.8 Å². The number of hydrogen-bond acceptors (Lipinski definition) is 5. The first-order chi connectivity index (χ1) is 13.0. The third-order valence-corrected chi connectivity index (χ3v) is 5.38. The number of hydrogen-bond donors (Lipinski definition) is 2. The molecule has 8 heteroatoms. The fraction of sp³-hybridized carbons (Fsp3) is 0.316. The number of nitrogens with one attached hydrogen (secondary N) is 1. The number of aryl methyl sites for hydroxylation is 1. The van der Waals surface area contributed by atoms with Crippen molar-refractivity contribution >= 4 is 38.8 Å². The van der Waals surface area contributed by atoms with E-state index in [0.29, 0.717) is 32.1 Å². The number of piperazine rings is 1. The number of carboxylic acids is 1. The Morgan fingerprint density at radius 2 is 1.93 bits per heavy atom. The summed E-state index contributed by atoms with van der Waals surface area (Å²) >= 11 is 3.34. The Bertz CT molecular complexity index is 964. The fourth-order valence-electron chi connectivity index (χ4n) is 3.62. The highest BCUT2D eigenvalue weighted by Gasteiger charge is 2.32. The number of H-pyrrole nitrogens is 1.